The second-order valence-electron chi connectivity index (χ2n) is 20.3. The molecule has 0 saturated carbocycles. The first-order valence-electron chi connectivity index (χ1n) is 29.9. The molecule has 6 nitrogen and oxygen atoms in total. The molecule has 6 heteroatoms. The van der Waals surface area contributed by atoms with Crippen LogP contribution in [0.4, 0.5) is 0 Å². The Kier molecular flexibility index (Phi) is 55.6. The molecule has 0 aromatic heterocycles. The fourth-order valence-electron chi connectivity index (χ4n) is 8.95. The molecule has 68 heavy (non-hydrogen) atoms. The molecule has 398 valence electrons. The van der Waals surface area contributed by atoms with Gasteiger partial charge in [0.05, 0.1) is 25.4 Å². The summed E-state index contributed by atoms with van der Waals surface area (Å²) in [5.74, 6) is -0.0826. The summed E-state index contributed by atoms with van der Waals surface area (Å²) in [5, 5.41) is 23.1. The SMILES string of the molecule is CCCCCC/C=C\C/C=C\CCCCCCCCCC(=O)OCCCCCCCCCC/C=C\CCCCCCCCCC(=O)NC(CO)C(O)/C=C/CCCCCCCCCCCCCC. The number of hydrogen-bond acceptors (Lipinski definition) is 5. The summed E-state index contributed by atoms with van der Waals surface area (Å²) < 4.78 is 5.48. The van der Waals surface area contributed by atoms with E-state index in [0.29, 0.717) is 19.4 Å². The highest BCUT2D eigenvalue weighted by Gasteiger charge is 2.18. The fourth-order valence-corrected chi connectivity index (χ4v) is 8.95. The second-order valence-corrected chi connectivity index (χ2v) is 20.3. The molecule has 0 aliphatic heterocycles. The summed E-state index contributed by atoms with van der Waals surface area (Å²) in [5.41, 5.74) is 0. The van der Waals surface area contributed by atoms with E-state index < -0.39 is 12.1 Å². The molecule has 0 bridgehead atoms. The van der Waals surface area contributed by atoms with Gasteiger partial charge in [-0.05, 0) is 89.9 Å². The van der Waals surface area contributed by atoms with Gasteiger partial charge in [-0.1, -0.05) is 255 Å². The molecule has 2 unspecified atom stereocenters. The zero-order valence-electron chi connectivity index (χ0n) is 45.3. The predicted molar refractivity (Wildman–Crippen MR) is 296 cm³/mol. The Balaban J connectivity index is 3.46. The number of carbonyl (C=O) groups is 2. The highest BCUT2D eigenvalue weighted by Crippen LogP contribution is 2.16. The Morgan fingerprint density at radius 3 is 1.15 bits per heavy atom. The van der Waals surface area contributed by atoms with Crippen LogP contribution in [0.15, 0.2) is 48.6 Å². The molecule has 0 aromatic carbocycles. The summed E-state index contributed by atoms with van der Waals surface area (Å²) in [6.45, 7) is 4.87. The third-order valence-corrected chi connectivity index (χ3v) is 13.6. The van der Waals surface area contributed by atoms with Gasteiger partial charge in [-0.3, -0.25) is 9.59 Å². The van der Waals surface area contributed by atoms with Crippen LogP contribution in [0.25, 0.3) is 0 Å². The van der Waals surface area contributed by atoms with Crippen molar-refractivity contribution in [1.29, 1.82) is 0 Å². The van der Waals surface area contributed by atoms with Crippen LogP contribution in [-0.2, 0) is 14.3 Å². The van der Waals surface area contributed by atoms with Crippen LogP contribution in [0.5, 0.6) is 0 Å². The summed E-state index contributed by atoms with van der Waals surface area (Å²) in [7, 11) is 0. The molecule has 0 aliphatic carbocycles. The number of carbonyl (C=O) groups excluding carboxylic acids is 2. The van der Waals surface area contributed by atoms with Crippen molar-refractivity contribution in [3.05, 3.63) is 48.6 Å². The smallest absolute Gasteiger partial charge is 0.305 e. The van der Waals surface area contributed by atoms with Crippen molar-refractivity contribution in [3.63, 3.8) is 0 Å². The maximum absolute atomic E-state index is 12.4. The Bertz CT molecular complexity index is 1150. The molecule has 0 aromatic rings. The Morgan fingerprint density at radius 2 is 0.735 bits per heavy atom. The lowest BCUT2D eigenvalue weighted by atomic mass is 10.0. The molecule has 3 N–H and O–H groups in total. The molecule has 0 radical (unpaired) electrons. The average molecular weight is 955 g/mol. The molecular formula is C62H115NO5. The van der Waals surface area contributed by atoms with Gasteiger partial charge in [0.1, 0.15) is 0 Å². The average Bonchev–Trinajstić information content (AvgIpc) is 3.34. The van der Waals surface area contributed by atoms with Crippen molar-refractivity contribution < 1.29 is 24.5 Å². The summed E-state index contributed by atoms with van der Waals surface area (Å²) in [6.07, 6.45) is 72.8. The normalized spacial score (nSPS) is 12.9. The summed E-state index contributed by atoms with van der Waals surface area (Å²) in [6, 6.07) is -0.635. The predicted octanol–water partition coefficient (Wildman–Crippen LogP) is 18.6. The van der Waals surface area contributed by atoms with Gasteiger partial charge in [-0.2, -0.15) is 0 Å². The summed E-state index contributed by atoms with van der Waals surface area (Å²) >= 11 is 0. The fraction of sp³-hybridized carbons (Fsp3) is 0.839. The van der Waals surface area contributed by atoms with Crippen molar-refractivity contribution in [2.75, 3.05) is 13.2 Å². The first kappa shape index (κ1) is 65.8. The molecular weight excluding hydrogens is 839 g/mol. The molecule has 2 atom stereocenters. The largest absolute Gasteiger partial charge is 0.466 e. The quantitative estimate of drug-likeness (QED) is 0.0321. The van der Waals surface area contributed by atoms with Gasteiger partial charge >= 0.3 is 5.97 Å². The molecule has 0 fully saturated rings. The minimum absolute atomic E-state index is 0.00457. The molecule has 0 rings (SSSR count). The second kappa shape index (κ2) is 57.4. The number of esters is 1. The van der Waals surface area contributed by atoms with Gasteiger partial charge < -0.3 is 20.3 Å². The van der Waals surface area contributed by atoms with Gasteiger partial charge in [0.25, 0.3) is 0 Å². The number of aliphatic hydroxyl groups excluding tert-OH is 2. The molecule has 0 saturated heterocycles. The number of unbranched alkanes of at least 4 members (excludes halogenated alkanes) is 38. The van der Waals surface area contributed by atoms with Gasteiger partial charge in [0.15, 0.2) is 0 Å². The standard InChI is InChI=1S/C62H115NO5/c1-3-5-7-9-11-13-15-17-19-20-25-28-32-36-40-44-48-52-56-62(67)68-57-53-49-45-41-37-33-29-26-23-21-22-24-27-31-35-39-43-47-51-55-61(66)63-59(58-64)60(65)54-50-46-42-38-34-30-18-16-14-12-10-8-6-4-2/h13,15,19-22,50,54,59-60,64-65H,3-12,14,16-18,23-49,51-53,55-58H2,1-2H3,(H,63,66)/b15-13-,20-19-,22-21-,54-50+. The first-order valence-corrected chi connectivity index (χ1v) is 29.9. The zero-order chi connectivity index (χ0) is 49.3. The minimum atomic E-state index is -0.851. The number of amides is 1. The maximum atomic E-state index is 12.4. The van der Waals surface area contributed by atoms with Crippen LogP contribution in [0.3, 0.4) is 0 Å². The van der Waals surface area contributed by atoms with E-state index in [0.717, 1.165) is 64.2 Å². The highest BCUT2D eigenvalue weighted by atomic mass is 16.5. The number of rotatable bonds is 55. The van der Waals surface area contributed by atoms with Crippen molar-refractivity contribution in [1.82, 2.24) is 5.32 Å². The Morgan fingerprint density at radius 1 is 0.412 bits per heavy atom. The van der Waals surface area contributed by atoms with E-state index in [1.54, 1.807) is 6.08 Å². The monoisotopic (exact) mass is 954 g/mol. The number of allylic oxidation sites excluding steroid dienone is 7. The van der Waals surface area contributed by atoms with Crippen molar-refractivity contribution in [2.24, 2.45) is 0 Å². The molecule has 0 aliphatic rings. The van der Waals surface area contributed by atoms with Crippen LogP contribution in [-0.4, -0.2) is 47.4 Å². The third-order valence-electron chi connectivity index (χ3n) is 13.6. The van der Waals surface area contributed by atoms with E-state index in [-0.39, 0.29) is 18.5 Å². The van der Waals surface area contributed by atoms with Crippen LogP contribution in [0.1, 0.15) is 309 Å². The van der Waals surface area contributed by atoms with Crippen molar-refractivity contribution >= 4 is 11.9 Å². The number of nitrogens with one attached hydrogen (secondary N) is 1. The Labute approximate surface area is 423 Å². The van der Waals surface area contributed by atoms with Crippen molar-refractivity contribution in [3.8, 4) is 0 Å². The van der Waals surface area contributed by atoms with Crippen LogP contribution < -0.4 is 5.32 Å². The Hall–Kier alpha value is -2.18. The topological polar surface area (TPSA) is 95.9 Å². The maximum Gasteiger partial charge on any atom is 0.305 e. The van der Waals surface area contributed by atoms with E-state index in [9.17, 15) is 19.8 Å². The zero-order valence-corrected chi connectivity index (χ0v) is 45.3. The van der Waals surface area contributed by atoms with Gasteiger partial charge in [-0.15, -0.1) is 0 Å². The van der Waals surface area contributed by atoms with Crippen LogP contribution >= 0.6 is 0 Å². The third kappa shape index (κ3) is 53.2. The van der Waals surface area contributed by atoms with E-state index in [2.05, 4.69) is 55.6 Å². The lowest BCUT2D eigenvalue weighted by Gasteiger charge is -2.20. The van der Waals surface area contributed by atoms with E-state index >= 15 is 0 Å². The molecule has 0 heterocycles. The van der Waals surface area contributed by atoms with E-state index in [4.69, 9.17) is 4.74 Å². The first-order chi connectivity index (χ1) is 33.5. The van der Waals surface area contributed by atoms with Gasteiger partial charge in [0.2, 0.25) is 5.91 Å². The summed E-state index contributed by atoms with van der Waals surface area (Å²) in [4.78, 5) is 24.5. The van der Waals surface area contributed by atoms with Gasteiger partial charge in [-0.25, -0.2) is 0 Å². The minimum Gasteiger partial charge on any atom is -0.466 e. The molecule has 1 amide bonds. The number of aliphatic hydroxyl groups is 2. The number of ether oxygens (including phenoxy) is 1. The van der Waals surface area contributed by atoms with Crippen LogP contribution in [0.2, 0.25) is 0 Å². The van der Waals surface area contributed by atoms with Gasteiger partial charge in [0, 0.05) is 12.8 Å². The lowest BCUT2D eigenvalue weighted by Crippen LogP contribution is -2.45. The van der Waals surface area contributed by atoms with Crippen LogP contribution in [0, 0.1) is 0 Å². The van der Waals surface area contributed by atoms with Crippen molar-refractivity contribution in [2.45, 2.75) is 321 Å². The van der Waals surface area contributed by atoms with E-state index in [1.165, 1.54) is 218 Å². The number of hydrogen-bond donors (Lipinski definition) is 3. The van der Waals surface area contributed by atoms with E-state index in [1.807, 2.05) is 6.08 Å². The molecule has 0 spiro atoms. The lowest BCUT2D eigenvalue weighted by molar-refractivity contribution is -0.143. The highest BCUT2D eigenvalue weighted by molar-refractivity contribution is 5.76.